The van der Waals surface area contributed by atoms with Gasteiger partial charge in [0.2, 0.25) is 11.8 Å². The Bertz CT molecular complexity index is 558. The summed E-state index contributed by atoms with van der Waals surface area (Å²) in [5.41, 5.74) is 0.843. The van der Waals surface area contributed by atoms with Crippen LogP contribution in [0.1, 0.15) is 12.6 Å². The summed E-state index contributed by atoms with van der Waals surface area (Å²) in [5, 5.41) is 2.90. The Hall–Kier alpha value is -2.30. The van der Waals surface area contributed by atoms with Crippen LogP contribution in [0.5, 0.6) is 17.4 Å². The third-order valence-corrected chi connectivity index (χ3v) is 2.39. The van der Waals surface area contributed by atoms with Gasteiger partial charge in [-0.25, -0.2) is 4.98 Å². The summed E-state index contributed by atoms with van der Waals surface area (Å²) in [7, 11) is 1.77. The number of aromatic nitrogens is 2. The maximum atomic E-state index is 5.72. The lowest BCUT2D eigenvalue weighted by atomic mass is 10.3. The Morgan fingerprint density at radius 2 is 1.95 bits per heavy atom. The van der Waals surface area contributed by atoms with E-state index in [0.717, 1.165) is 11.4 Å². The fourth-order valence-electron chi connectivity index (χ4n) is 1.62. The summed E-state index contributed by atoms with van der Waals surface area (Å²) < 4.78 is 11.1. The molecule has 19 heavy (non-hydrogen) atoms. The van der Waals surface area contributed by atoms with E-state index in [-0.39, 0.29) is 0 Å². The predicted molar refractivity (Wildman–Crippen MR) is 74.0 cm³/mol. The van der Waals surface area contributed by atoms with E-state index in [0.29, 0.717) is 24.2 Å². The number of rotatable bonds is 5. The predicted octanol–water partition coefficient (Wildman–Crippen LogP) is 3.02. The second kappa shape index (κ2) is 6.04. The monoisotopic (exact) mass is 259 g/mol. The van der Waals surface area contributed by atoms with E-state index in [9.17, 15) is 0 Å². The van der Waals surface area contributed by atoms with Crippen molar-refractivity contribution < 1.29 is 9.47 Å². The molecular weight excluding hydrogens is 242 g/mol. The number of anilines is 1. The van der Waals surface area contributed by atoms with Crippen LogP contribution in [0, 0.1) is 6.92 Å². The number of nitrogens with zero attached hydrogens (tertiary/aromatic N) is 2. The van der Waals surface area contributed by atoms with Gasteiger partial charge in [0.15, 0.2) is 0 Å². The lowest BCUT2D eigenvalue weighted by Gasteiger charge is -2.09. The first-order chi connectivity index (χ1) is 9.21. The van der Waals surface area contributed by atoms with E-state index in [1.165, 1.54) is 0 Å². The van der Waals surface area contributed by atoms with Crippen molar-refractivity contribution >= 4 is 5.95 Å². The summed E-state index contributed by atoms with van der Waals surface area (Å²) in [6.07, 6.45) is 0. The molecule has 2 aromatic rings. The molecule has 100 valence electrons. The molecule has 0 amide bonds. The third kappa shape index (κ3) is 3.58. The van der Waals surface area contributed by atoms with Crippen LogP contribution in [0.4, 0.5) is 5.95 Å². The van der Waals surface area contributed by atoms with Crippen molar-refractivity contribution in [2.45, 2.75) is 13.8 Å². The molecule has 0 fully saturated rings. The summed E-state index contributed by atoms with van der Waals surface area (Å²) >= 11 is 0. The van der Waals surface area contributed by atoms with Crippen molar-refractivity contribution in [1.82, 2.24) is 9.97 Å². The molecule has 0 spiro atoms. The minimum absolute atomic E-state index is 0.505. The van der Waals surface area contributed by atoms with Gasteiger partial charge in [0.1, 0.15) is 11.5 Å². The van der Waals surface area contributed by atoms with Crippen molar-refractivity contribution in [3.63, 3.8) is 0 Å². The van der Waals surface area contributed by atoms with Gasteiger partial charge in [0.05, 0.1) is 6.61 Å². The Kier molecular flexibility index (Phi) is 4.18. The van der Waals surface area contributed by atoms with Gasteiger partial charge in [0, 0.05) is 24.9 Å². The minimum atomic E-state index is 0.505. The van der Waals surface area contributed by atoms with Crippen molar-refractivity contribution in [2.24, 2.45) is 0 Å². The van der Waals surface area contributed by atoms with Crippen LogP contribution in [-0.4, -0.2) is 23.6 Å². The molecule has 1 aromatic carbocycles. The van der Waals surface area contributed by atoms with E-state index in [1.54, 1.807) is 13.1 Å². The zero-order valence-corrected chi connectivity index (χ0v) is 11.3. The highest BCUT2D eigenvalue weighted by atomic mass is 16.5. The van der Waals surface area contributed by atoms with E-state index in [4.69, 9.17) is 9.47 Å². The molecule has 2 rings (SSSR count). The number of nitrogens with one attached hydrogen (secondary N) is 1. The molecule has 0 unspecified atom stereocenters. The Morgan fingerprint density at radius 1 is 1.16 bits per heavy atom. The molecule has 1 N–H and O–H groups in total. The largest absolute Gasteiger partial charge is 0.494 e. The molecule has 1 aromatic heterocycles. The van der Waals surface area contributed by atoms with Gasteiger partial charge in [-0.2, -0.15) is 4.98 Å². The zero-order chi connectivity index (χ0) is 13.7. The van der Waals surface area contributed by atoms with Crippen LogP contribution in [0.15, 0.2) is 30.3 Å². The summed E-state index contributed by atoms with van der Waals surface area (Å²) in [6.45, 7) is 4.46. The molecule has 1 heterocycles. The van der Waals surface area contributed by atoms with Gasteiger partial charge >= 0.3 is 0 Å². The highest BCUT2D eigenvalue weighted by molar-refractivity contribution is 5.37. The highest BCUT2D eigenvalue weighted by Gasteiger charge is 2.04. The Balaban J connectivity index is 2.20. The van der Waals surface area contributed by atoms with Crippen LogP contribution >= 0.6 is 0 Å². The van der Waals surface area contributed by atoms with Gasteiger partial charge in [-0.05, 0) is 26.0 Å². The molecule has 5 heteroatoms. The average molecular weight is 259 g/mol. The summed E-state index contributed by atoms with van der Waals surface area (Å²) in [4.78, 5) is 8.45. The summed E-state index contributed by atoms with van der Waals surface area (Å²) in [5.74, 6) is 2.51. The molecule has 0 aliphatic rings. The molecule has 0 saturated carbocycles. The average Bonchev–Trinajstić information content (AvgIpc) is 2.39. The van der Waals surface area contributed by atoms with Gasteiger partial charge in [-0.3, -0.25) is 0 Å². The minimum Gasteiger partial charge on any atom is -0.494 e. The zero-order valence-electron chi connectivity index (χ0n) is 11.3. The van der Waals surface area contributed by atoms with Gasteiger partial charge < -0.3 is 14.8 Å². The van der Waals surface area contributed by atoms with Crippen molar-refractivity contribution in [1.29, 1.82) is 0 Å². The molecule has 0 atom stereocenters. The first-order valence-electron chi connectivity index (χ1n) is 6.15. The standard InChI is InChI=1S/C14H17N3O2/c1-4-18-11-6-5-7-12(9-11)19-13-8-10(2)16-14(15-3)17-13/h5-9H,4H2,1-3H3,(H,15,16,17). The number of hydrogen-bond acceptors (Lipinski definition) is 5. The molecule has 0 aliphatic heterocycles. The van der Waals surface area contributed by atoms with Crippen LogP contribution in [0.2, 0.25) is 0 Å². The molecule has 0 bridgehead atoms. The van der Waals surface area contributed by atoms with E-state index in [1.807, 2.05) is 38.1 Å². The van der Waals surface area contributed by atoms with Gasteiger partial charge in [0.25, 0.3) is 0 Å². The number of aryl methyl sites for hydroxylation is 1. The summed E-state index contributed by atoms with van der Waals surface area (Å²) in [6, 6.07) is 9.25. The van der Waals surface area contributed by atoms with Crippen molar-refractivity contribution in [3.05, 3.63) is 36.0 Å². The molecule has 0 saturated heterocycles. The fourth-order valence-corrected chi connectivity index (χ4v) is 1.62. The number of benzene rings is 1. The molecule has 0 aliphatic carbocycles. The topological polar surface area (TPSA) is 56.3 Å². The Labute approximate surface area is 112 Å². The van der Waals surface area contributed by atoms with Crippen LogP contribution < -0.4 is 14.8 Å². The van der Waals surface area contributed by atoms with E-state index in [2.05, 4.69) is 15.3 Å². The smallest absolute Gasteiger partial charge is 0.225 e. The second-order valence-electron chi connectivity index (χ2n) is 3.93. The van der Waals surface area contributed by atoms with Crippen LogP contribution in [0.3, 0.4) is 0 Å². The number of ether oxygens (including phenoxy) is 2. The van der Waals surface area contributed by atoms with E-state index >= 15 is 0 Å². The second-order valence-corrected chi connectivity index (χ2v) is 3.93. The van der Waals surface area contributed by atoms with Gasteiger partial charge in [-0.1, -0.05) is 6.07 Å². The van der Waals surface area contributed by atoms with Crippen molar-refractivity contribution in [2.75, 3.05) is 19.0 Å². The lowest BCUT2D eigenvalue weighted by Crippen LogP contribution is -1.99. The van der Waals surface area contributed by atoms with Crippen LogP contribution in [0.25, 0.3) is 0 Å². The molecule has 0 radical (unpaired) electrons. The third-order valence-electron chi connectivity index (χ3n) is 2.39. The van der Waals surface area contributed by atoms with E-state index < -0.39 is 0 Å². The van der Waals surface area contributed by atoms with Gasteiger partial charge in [-0.15, -0.1) is 0 Å². The first-order valence-corrected chi connectivity index (χ1v) is 6.15. The quantitative estimate of drug-likeness (QED) is 0.894. The lowest BCUT2D eigenvalue weighted by molar-refractivity contribution is 0.338. The maximum absolute atomic E-state index is 5.72. The highest BCUT2D eigenvalue weighted by Crippen LogP contribution is 2.24. The number of hydrogen-bond donors (Lipinski definition) is 1. The van der Waals surface area contributed by atoms with Crippen molar-refractivity contribution in [3.8, 4) is 17.4 Å². The first kappa shape index (κ1) is 13.1. The normalized spacial score (nSPS) is 10.1. The SMILES string of the molecule is CCOc1cccc(Oc2cc(C)nc(NC)n2)c1. The Morgan fingerprint density at radius 3 is 2.68 bits per heavy atom. The fraction of sp³-hybridized carbons (Fsp3) is 0.286. The van der Waals surface area contributed by atoms with Crippen LogP contribution in [-0.2, 0) is 0 Å². The molecule has 5 nitrogen and oxygen atoms in total. The molecular formula is C14H17N3O2. The maximum Gasteiger partial charge on any atom is 0.225 e.